The molecule has 0 aromatic heterocycles. The number of rotatable bonds is 2. The number of esters is 1. The fourth-order valence-corrected chi connectivity index (χ4v) is 1.77. The predicted octanol–water partition coefficient (Wildman–Crippen LogP) is 1.45. The van der Waals surface area contributed by atoms with E-state index in [4.69, 9.17) is 9.47 Å². The Balaban J connectivity index is 2.18. The Morgan fingerprint density at radius 1 is 1.56 bits per heavy atom. The van der Waals surface area contributed by atoms with Gasteiger partial charge in [-0.25, -0.2) is 4.79 Å². The molecule has 0 fully saturated rings. The topological polar surface area (TPSA) is 38.8 Å². The fraction of sp³-hybridized carbons (Fsp3) is 0.417. The number of carbonyl (C=O) groups is 1. The SMILES string of the molecule is CCOC(=O)[C@H]1CN(C)c2ccccc2O1. The van der Waals surface area contributed by atoms with Crippen LogP contribution in [0.15, 0.2) is 24.3 Å². The van der Waals surface area contributed by atoms with Gasteiger partial charge in [0.05, 0.1) is 18.8 Å². The van der Waals surface area contributed by atoms with Crippen LogP contribution in [0.4, 0.5) is 5.69 Å². The Hall–Kier alpha value is -1.71. The molecule has 0 N–H and O–H groups in total. The molecule has 1 aromatic rings. The molecular weight excluding hydrogens is 206 g/mol. The van der Waals surface area contributed by atoms with E-state index in [0.29, 0.717) is 13.2 Å². The van der Waals surface area contributed by atoms with Crippen molar-refractivity contribution in [1.29, 1.82) is 0 Å². The fourth-order valence-electron chi connectivity index (χ4n) is 1.77. The molecule has 1 aromatic carbocycles. The van der Waals surface area contributed by atoms with Crippen molar-refractivity contribution in [3.8, 4) is 5.75 Å². The lowest BCUT2D eigenvalue weighted by Crippen LogP contribution is -2.43. The Morgan fingerprint density at radius 3 is 3.06 bits per heavy atom. The van der Waals surface area contributed by atoms with E-state index in [9.17, 15) is 4.79 Å². The zero-order valence-electron chi connectivity index (χ0n) is 9.47. The number of nitrogens with zero attached hydrogens (tertiary/aromatic N) is 1. The third-order valence-corrected chi connectivity index (χ3v) is 2.53. The molecular formula is C12H15NO3. The minimum atomic E-state index is -0.528. The smallest absolute Gasteiger partial charge is 0.349 e. The van der Waals surface area contributed by atoms with Gasteiger partial charge in [0.15, 0.2) is 0 Å². The molecule has 1 atom stereocenters. The second-order valence-corrected chi connectivity index (χ2v) is 3.71. The Morgan fingerprint density at radius 2 is 2.31 bits per heavy atom. The van der Waals surface area contributed by atoms with Crippen molar-refractivity contribution < 1.29 is 14.3 Å². The van der Waals surface area contributed by atoms with Gasteiger partial charge in [-0.2, -0.15) is 0 Å². The van der Waals surface area contributed by atoms with E-state index in [0.717, 1.165) is 11.4 Å². The van der Waals surface area contributed by atoms with Crippen LogP contribution in [0.2, 0.25) is 0 Å². The first kappa shape index (κ1) is 10.8. The summed E-state index contributed by atoms with van der Waals surface area (Å²) in [6, 6.07) is 7.66. The van der Waals surface area contributed by atoms with Crippen molar-refractivity contribution in [3.05, 3.63) is 24.3 Å². The van der Waals surface area contributed by atoms with Gasteiger partial charge in [-0.05, 0) is 19.1 Å². The summed E-state index contributed by atoms with van der Waals surface area (Å²) < 4.78 is 10.6. The highest BCUT2D eigenvalue weighted by Gasteiger charge is 2.29. The standard InChI is InChI=1S/C12H15NO3/c1-3-15-12(14)11-8-13(2)9-6-4-5-7-10(9)16-11/h4-7,11H,3,8H2,1-2H3/t11-/m1/s1. The monoisotopic (exact) mass is 221 g/mol. The van der Waals surface area contributed by atoms with Crippen molar-refractivity contribution in [2.75, 3.05) is 25.1 Å². The molecule has 2 rings (SSSR count). The molecule has 0 saturated heterocycles. The lowest BCUT2D eigenvalue weighted by molar-refractivity contribution is -0.151. The summed E-state index contributed by atoms with van der Waals surface area (Å²) in [6.45, 7) is 2.69. The van der Waals surface area contributed by atoms with Crippen LogP contribution in [0.5, 0.6) is 5.75 Å². The minimum absolute atomic E-state index is 0.302. The second-order valence-electron chi connectivity index (χ2n) is 3.71. The first-order valence-electron chi connectivity index (χ1n) is 5.36. The zero-order valence-corrected chi connectivity index (χ0v) is 9.47. The normalized spacial score (nSPS) is 18.6. The molecule has 0 spiro atoms. The van der Waals surface area contributed by atoms with Crippen LogP contribution < -0.4 is 9.64 Å². The van der Waals surface area contributed by atoms with E-state index >= 15 is 0 Å². The average Bonchev–Trinajstić information content (AvgIpc) is 2.29. The van der Waals surface area contributed by atoms with Crippen LogP contribution in [-0.2, 0) is 9.53 Å². The van der Waals surface area contributed by atoms with E-state index in [-0.39, 0.29) is 5.97 Å². The van der Waals surface area contributed by atoms with Crippen LogP contribution in [-0.4, -0.2) is 32.3 Å². The van der Waals surface area contributed by atoms with Gasteiger partial charge in [0.25, 0.3) is 0 Å². The summed E-state index contributed by atoms with van der Waals surface area (Å²) in [5.74, 6) is 0.429. The minimum Gasteiger partial charge on any atom is -0.475 e. The molecule has 1 aliphatic rings. The van der Waals surface area contributed by atoms with Crippen LogP contribution in [0.1, 0.15) is 6.92 Å². The molecule has 1 aliphatic heterocycles. The number of anilines is 1. The summed E-state index contributed by atoms with van der Waals surface area (Å²) >= 11 is 0. The summed E-state index contributed by atoms with van der Waals surface area (Å²) in [6.07, 6.45) is -0.528. The number of carbonyl (C=O) groups excluding carboxylic acids is 1. The Kier molecular flexibility index (Phi) is 2.99. The van der Waals surface area contributed by atoms with Crippen LogP contribution >= 0.6 is 0 Å². The highest BCUT2D eigenvalue weighted by atomic mass is 16.6. The molecule has 0 saturated carbocycles. The van der Waals surface area contributed by atoms with Gasteiger partial charge in [0.1, 0.15) is 5.75 Å². The van der Waals surface area contributed by atoms with Gasteiger partial charge in [0, 0.05) is 7.05 Å². The van der Waals surface area contributed by atoms with Gasteiger partial charge in [-0.15, -0.1) is 0 Å². The number of fused-ring (bicyclic) bond motifs is 1. The van der Waals surface area contributed by atoms with E-state index in [2.05, 4.69) is 0 Å². The largest absolute Gasteiger partial charge is 0.475 e. The van der Waals surface area contributed by atoms with Crippen LogP contribution in [0, 0.1) is 0 Å². The van der Waals surface area contributed by atoms with Gasteiger partial charge in [0.2, 0.25) is 6.10 Å². The third kappa shape index (κ3) is 1.96. The maximum Gasteiger partial charge on any atom is 0.349 e. The average molecular weight is 221 g/mol. The predicted molar refractivity (Wildman–Crippen MR) is 60.8 cm³/mol. The Bertz CT molecular complexity index is 392. The first-order valence-corrected chi connectivity index (χ1v) is 5.36. The summed E-state index contributed by atoms with van der Waals surface area (Å²) in [4.78, 5) is 13.6. The van der Waals surface area contributed by atoms with Crippen molar-refractivity contribution in [3.63, 3.8) is 0 Å². The molecule has 4 heteroatoms. The van der Waals surface area contributed by atoms with Crippen LogP contribution in [0.25, 0.3) is 0 Å². The zero-order chi connectivity index (χ0) is 11.5. The van der Waals surface area contributed by atoms with Gasteiger partial charge < -0.3 is 14.4 Å². The number of ether oxygens (including phenoxy) is 2. The molecule has 0 aliphatic carbocycles. The van der Waals surface area contributed by atoms with Gasteiger partial charge >= 0.3 is 5.97 Å². The van der Waals surface area contributed by atoms with Crippen molar-refractivity contribution in [1.82, 2.24) is 0 Å². The third-order valence-electron chi connectivity index (χ3n) is 2.53. The molecule has 16 heavy (non-hydrogen) atoms. The number of benzene rings is 1. The molecule has 0 radical (unpaired) electrons. The van der Waals surface area contributed by atoms with Crippen molar-refractivity contribution >= 4 is 11.7 Å². The number of para-hydroxylation sites is 2. The summed E-state index contributed by atoms with van der Waals surface area (Å²) in [5.41, 5.74) is 1.00. The quantitative estimate of drug-likeness (QED) is 0.708. The molecule has 86 valence electrons. The molecule has 1 heterocycles. The van der Waals surface area contributed by atoms with E-state index in [1.54, 1.807) is 6.92 Å². The lowest BCUT2D eigenvalue weighted by atomic mass is 10.2. The highest BCUT2D eigenvalue weighted by molar-refractivity contribution is 5.78. The lowest BCUT2D eigenvalue weighted by Gasteiger charge is -2.32. The van der Waals surface area contributed by atoms with E-state index < -0.39 is 6.10 Å². The summed E-state index contributed by atoms with van der Waals surface area (Å²) in [7, 11) is 1.94. The maximum absolute atomic E-state index is 11.6. The van der Waals surface area contributed by atoms with Crippen molar-refractivity contribution in [2.45, 2.75) is 13.0 Å². The van der Waals surface area contributed by atoms with Crippen molar-refractivity contribution in [2.24, 2.45) is 0 Å². The first-order chi connectivity index (χ1) is 7.72. The summed E-state index contributed by atoms with van der Waals surface area (Å²) in [5, 5.41) is 0. The second kappa shape index (κ2) is 4.43. The van der Waals surface area contributed by atoms with Crippen LogP contribution in [0.3, 0.4) is 0 Å². The molecule has 0 amide bonds. The number of hydrogen-bond donors (Lipinski definition) is 0. The highest BCUT2D eigenvalue weighted by Crippen LogP contribution is 2.31. The Labute approximate surface area is 94.8 Å². The van der Waals surface area contributed by atoms with Gasteiger partial charge in [-0.1, -0.05) is 12.1 Å². The molecule has 0 bridgehead atoms. The van der Waals surface area contributed by atoms with E-state index in [1.807, 2.05) is 36.2 Å². The maximum atomic E-state index is 11.6. The van der Waals surface area contributed by atoms with E-state index in [1.165, 1.54) is 0 Å². The molecule has 0 unspecified atom stereocenters. The number of hydrogen-bond acceptors (Lipinski definition) is 4. The van der Waals surface area contributed by atoms with Gasteiger partial charge in [-0.3, -0.25) is 0 Å². The number of likely N-dealkylation sites (N-methyl/N-ethyl adjacent to an activating group) is 1. The molecule has 4 nitrogen and oxygen atoms in total.